The fourth-order valence-electron chi connectivity index (χ4n) is 1.24. The first kappa shape index (κ1) is 7.54. The van der Waals surface area contributed by atoms with E-state index in [1.807, 2.05) is 0 Å². The summed E-state index contributed by atoms with van der Waals surface area (Å²) >= 11 is 0. The van der Waals surface area contributed by atoms with Gasteiger partial charge in [0.25, 0.3) is 0 Å². The van der Waals surface area contributed by atoms with Crippen molar-refractivity contribution in [2.75, 3.05) is 0 Å². The Balaban J connectivity index is 2.19. The second-order valence-electron chi connectivity index (χ2n) is 2.95. The molecule has 0 radical (unpaired) electrons. The Morgan fingerprint density at radius 1 is 1.70 bits per heavy atom. The van der Waals surface area contributed by atoms with Gasteiger partial charge in [-0.1, -0.05) is 6.42 Å². The van der Waals surface area contributed by atoms with Crippen LogP contribution in [0.3, 0.4) is 0 Å². The maximum Gasteiger partial charge on any atom is 0.304 e. The molecule has 10 heavy (non-hydrogen) atoms. The zero-order valence-corrected chi connectivity index (χ0v) is 5.92. The fraction of sp³-hybridized carbons (Fsp3) is 0.857. The zero-order chi connectivity index (χ0) is 7.56. The largest absolute Gasteiger partial charge is 0.481 e. The third-order valence-corrected chi connectivity index (χ3v) is 2.17. The smallest absolute Gasteiger partial charge is 0.304 e. The molecule has 0 aromatic carbocycles. The van der Waals surface area contributed by atoms with Gasteiger partial charge in [-0.05, 0) is 18.8 Å². The van der Waals surface area contributed by atoms with Crippen LogP contribution in [0.2, 0.25) is 0 Å². The first-order valence-corrected chi connectivity index (χ1v) is 3.67. The minimum atomic E-state index is -0.778. The van der Waals surface area contributed by atoms with Crippen LogP contribution < -0.4 is 5.73 Å². The van der Waals surface area contributed by atoms with Gasteiger partial charge < -0.3 is 10.8 Å². The molecule has 0 amide bonds. The fourth-order valence-corrected chi connectivity index (χ4v) is 1.24. The summed E-state index contributed by atoms with van der Waals surface area (Å²) in [6, 6.07) is -0.105. The molecule has 58 valence electrons. The van der Waals surface area contributed by atoms with Crippen LogP contribution in [0.4, 0.5) is 0 Å². The quantitative estimate of drug-likeness (QED) is 0.607. The lowest BCUT2D eigenvalue weighted by Gasteiger charge is -2.30. The highest BCUT2D eigenvalue weighted by molar-refractivity contribution is 5.67. The van der Waals surface area contributed by atoms with Gasteiger partial charge in [0.15, 0.2) is 0 Å². The number of nitrogens with two attached hydrogens (primary N) is 1. The highest BCUT2D eigenvalue weighted by Crippen LogP contribution is 2.29. The summed E-state index contributed by atoms with van der Waals surface area (Å²) in [4.78, 5) is 10.2. The van der Waals surface area contributed by atoms with Gasteiger partial charge in [-0.2, -0.15) is 0 Å². The van der Waals surface area contributed by atoms with Crippen molar-refractivity contribution < 1.29 is 9.90 Å². The van der Waals surface area contributed by atoms with Crippen LogP contribution in [0.15, 0.2) is 0 Å². The van der Waals surface area contributed by atoms with Gasteiger partial charge in [0.1, 0.15) is 0 Å². The molecule has 3 heteroatoms. The van der Waals surface area contributed by atoms with Gasteiger partial charge >= 0.3 is 5.97 Å². The van der Waals surface area contributed by atoms with E-state index < -0.39 is 5.97 Å². The van der Waals surface area contributed by atoms with E-state index in [0.717, 1.165) is 12.8 Å². The minimum absolute atomic E-state index is 0.105. The molecule has 3 nitrogen and oxygen atoms in total. The molecule has 1 rings (SSSR count). The van der Waals surface area contributed by atoms with Gasteiger partial charge in [0, 0.05) is 6.04 Å². The van der Waals surface area contributed by atoms with Crippen LogP contribution in [0.1, 0.15) is 25.7 Å². The first-order valence-electron chi connectivity index (χ1n) is 3.67. The van der Waals surface area contributed by atoms with Crippen LogP contribution in [0.5, 0.6) is 0 Å². The summed E-state index contributed by atoms with van der Waals surface area (Å²) in [7, 11) is 0. The molecule has 0 aliphatic heterocycles. The second-order valence-corrected chi connectivity index (χ2v) is 2.95. The van der Waals surface area contributed by atoms with E-state index in [0.29, 0.717) is 5.92 Å². The summed E-state index contributed by atoms with van der Waals surface area (Å²) in [5, 5.41) is 8.37. The lowest BCUT2D eigenvalue weighted by Crippen LogP contribution is -2.36. The lowest BCUT2D eigenvalue weighted by atomic mass is 9.79. The standard InChI is InChI=1S/C7H13NO2/c8-6(4-7(9)10)5-2-1-3-5/h5-6H,1-4,8H2,(H,9,10)/t6-/m1/s1. The number of carboxylic acids is 1. The van der Waals surface area contributed by atoms with Gasteiger partial charge in [0.05, 0.1) is 6.42 Å². The van der Waals surface area contributed by atoms with E-state index in [1.165, 1.54) is 6.42 Å². The van der Waals surface area contributed by atoms with E-state index in [4.69, 9.17) is 10.8 Å². The molecule has 0 saturated heterocycles. The van der Waals surface area contributed by atoms with Crippen molar-refractivity contribution in [2.45, 2.75) is 31.7 Å². The Bertz CT molecular complexity index is 132. The van der Waals surface area contributed by atoms with E-state index >= 15 is 0 Å². The van der Waals surface area contributed by atoms with Gasteiger partial charge in [-0.15, -0.1) is 0 Å². The highest BCUT2D eigenvalue weighted by atomic mass is 16.4. The molecule has 0 aromatic rings. The Hall–Kier alpha value is -0.570. The van der Waals surface area contributed by atoms with Crippen molar-refractivity contribution in [1.82, 2.24) is 0 Å². The number of carboxylic acid groups (broad SMARTS) is 1. The topological polar surface area (TPSA) is 63.3 Å². The minimum Gasteiger partial charge on any atom is -0.481 e. The maximum atomic E-state index is 10.2. The van der Waals surface area contributed by atoms with Gasteiger partial charge in [0.2, 0.25) is 0 Å². The van der Waals surface area contributed by atoms with Crippen molar-refractivity contribution in [1.29, 1.82) is 0 Å². The molecule has 0 unspecified atom stereocenters. The predicted molar refractivity (Wildman–Crippen MR) is 37.6 cm³/mol. The van der Waals surface area contributed by atoms with Crippen molar-refractivity contribution in [2.24, 2.45) is 11.7 Å². The molecule has 0 heterocycles. The average Bonchev–Trinajstić information content (AvgIpc) is 1.55. The van der Waals surface area contributed by atoms with Crippen LogP contribution in [-0.2, 0) is 4.79 Å². The van der Waals surface area contributed by atoms with E-state index in [1.54, 1.807) is 0 Å². The molecule has 3 N–H and O–H groups in total. The highest BCUT2D eigenvalue weighted by Gasteiger charge is 2.25. The van der Waals surface area contributed by atoms with E-state index in [9.17, 15) is 4.79 Å². The van der Waals surface area contributed by atoms with Crippen molar-refractivity contribution >= 4 is 5.97 Å². The van der Waals surface area contributed by atoms with Crippen molar-refractivity contribution in [3.63, 3.8) is 0 Å². The zero-order valence-electron chi connectivity index (χ0n) is 5.92. The molecule has 0 spiro atoms. The summed E-state index contributed by atoms with van der Waals surface area (Å²) in [5.41, 5.74) is 5.60. The Labute approximate surface area is 60.2 Å². The monoisotopic (exact) mass is 143 g/mol. The van der Waals surface area contributed by atoms with Gasteiger partial charge in [-0.25, -0.2) is 0 Å². The molecule has 1 atom stereocenters. The molecule has 1 aliphatic carbocycles. The van der Waals surface area contributed by atoms with E-state index in [2.05, 4.69) is 0 Å². The molecule has 1 aliphatic rings. The van der Waals surface area contributed by atoms with Crippen LogP contribution >= 0.6 is 0 Å². The number of hydrogen-bond donors (Lipinski definition) is 2. The van der Waals surface area contributed by atoms with Crippen LogP contribution in [0, 0.1) is 5.92 Å². The molecule has 1 saturated carbocycles. The van der Waals surface area contributed by atoms with Crippen LogP contribution in [-0.4, -0.2) is 17.1 Å². The predicted octanol–water partition coefficient (Wildman–Crippen LogP) is 0.588. The van der Waals surface area contributed by atoms with Crippen molar-refractivity contribution in [3.8, 4) is 0 Å². The summed E-state index contributed by atoms with van der Waals surface area (Å²) in [6.45, 7) is 0. The third kappa shape index (κ3) is 1.70. The summed E-state index contributed by atoms with van der Waals surface area (Å²) in [5.74, 6) is -0.296. The molecule has 1 fully saturated rings. The third-order valence-electron chi connectivity index (χ3n) is 2.17. The average molecular weight is 143 g/mol. The number of hydrogen-bond acceptors (Lipinski definition) is 2. The Kier molecular flexibility index (Phi) is 2.27. The maximum absolute atomic E-state index is 10.2. The molecular formula is C7H13NO2. The summed E-state index contributed by atoms with van der Waals surface area (Å²) < 4.78 is 0. The molecule has 0 bridgehead atoms. The SMILES string of the molecule is N[C@H](CC(=O)O)C1CCC1. The second kappa shape index (κ2) is 3.01. The lowest BCUT2D eigenvalue weighted by molar-refractivity contribution is -0.137. The number of aliphatic carboxylic acids is 1. The summed E-state index contributed by atoms with van der Waals surface area (Å²) in [6.07, 6.45) is 3.59. The molecule has 0 aromatic heterocycles. The Morgan fingerprint density at radius 2 is 2.30 bits per heavy atom. The van der Waals surface area contributed by atoms with Gasteiger partial charge in [-0.3, -0.25) is 4.79 Å². The first-order chi connectivity index (χ1) is 4.70. The normalized spacial score (nSPS) is 21.7. The number of rotatable bonds is 3. The Morgan fingerprint density at radius 3 is 2.60 bits per heavy atom. The van der Waals surface area contributed by atoms with Crippen molar-refractivity contribution in [3.05, 3.63) is 0 Å². The van der Waals surface area contributed by atoms with Crippen LogP contribution in [0.25, 0.3) is 0 Å². The molecular weight excluding hydrogens is 130 g/mol. The number of carbonyl (C=O) groups is 1. The van der Waals surface area contributed by atoms with E-state index in [-0.39, 0.29) is 12.5 Å².